The molecular formula is C11H16F3N3. The van der Waals surface area contributed by atoms with E-state index in [-0.39, 0.29) is 0 Å². The van der Waals surface area contributed by atoms with Gasteiger partial charge in [-0.15, -0.1) is 0 Å². The van der Waals surface area contributed by atoms with Crippen molar-refractivity contribution in [3.05, 3.63) is 23.9 Å². The van der Waals surface area contributed by atoms with Gasteiger partial charge < -0.3 is 10.2 Å². The molecule has 1 N–H and O–H groups in total. The molecule has 0 radical (unpaired) electrons. The fraction of sp³-hybridized carbons (Fsp3) is 0.545. The van der Waals surface area contributed by atoms with Crippen molar-refractivity contribution in [2.45, 2.75) is 13.1 Å². The summed E-state index contributed by atoms with van der Waals surface area (Å²) in [7, 11) is 1.72. The first kappa shape index (κ1) is 13.8. The van der Waals surface area contributed by atoms with Crippen molar-refractivity contribution < 1.29 is 13.2 Å². The number of anilines is 1. The Morgan fingerprint density at radius 3 is 2.65 bits per heavy atom. The summed E-state index contributed by atoms with van der Waals surface area (Å²) in [6, 6.07) is 3.91. The minimum atomic E-state index is -4.39. The standard InChI is InChI=1S/C11H16F3N3/c1-3-15-7-8-17(2)10-6-4-5-9(16-10)11(12,13)14/h4-6,15H,3,7-8H2,1-2H3. The van der Waals surface area contributed by atoms with E-state index in [9.17, 15) is 13.2 Å². The summed E-state index contributed by atoms with van der Waals surface area (Å²) < 4.78 is 37.3. The third-order valence-electron chi connectivity index (χ3n) is 2.29. The van der Waals surface area contributed by atoms with Gasteiger partial charge in [0.05, 0.1) is 0 Å². The second kappa shape index (κ2) is 5.86. The van der Waals surface area contributed by atoms with E-state index >= 15 is 0 Å². The second-order valence-electron chi connectivity index (χ2n) is 3.65. The molecule has 0 spiro atoms. The van der Waals surface area contributed by atoms with Crippen molar-refractivity contribution in [2.24, 2.45) is 0 Å². The molecule has 0 amide bonds. The minimum Gasteiger partial charge on any atom is -0.358 e. The summed E-state index contributed by atoms with van der Waals surface area (Å²) in [4.78, 5) is 5.29. The summed E-state index contributed by atoms with van der Waals surface area (Å²) in [6.07, 6.45) is -4.39. The Balaban J connectivity index is 2.71. The van der Waals surface area contributed by atoms with E-state index in [1.54, 1.807) is 18.0 Å². The van der Waals surface area contributed by atoms with Crippen LogP contribution in [0.25, 0.3) is 0 Å². The molecule has 0 aliphatic carbocycles. The van der Waals surface area contributed by atoms with Crippen LogP contribution >= 0.6 is 0 Å². The van der Waals surface area contributed by atoms with E-state index in [4.69, 9.17) is 0 Å². The molecule has 17 heavy (non-hydrogen) atoms. The van der Waals surface area contributed by atoms with Crippen molar-refractivity contribution >= 4 is 5.82 Å². The van der Waals surface area contributed by atoms with Crippen LogP contribution in [-0.2, 0) is 6.18 Å². The largest absolute Gasteiger partial charge is 0.433 e. The number of likely N-dealkylation sites (N-methyl/N-ethyl adjacent to an activating group) is 2. The molecule has 0 aromatic carbocycles. The number of rotatable bonds is 5. The van der Waals surface area contributed by atoms with E-state index in [1.807, 2.05) is 6.92 Å². The predicted octanol–water partition coefficient (Wildman–Crippen LogP) is 2.15. The molecule has 0 saturated carbocycles. The van der Waals surface area contributed by atoms with Crippen LogP contribution in [0, 0.1) is 0 Å². The molecule has 96 valence electrons. The number of aromatic nitrogens is 1. The molecule has 3 nitrogen and oxygen atoms in total. The maximum atomic E-state index is 12.4. The molecule has 0 aliphatic heterocycles. The second-order valence-corrected chi connectivity index (χ2v) is 3.65. The Morgan fingerprint density at radius 2 is 2.06 bits per heavy atom. The average molecular weight is 247 g/mol. The fourth-order valence-corrected chi connectivity index (χ4v) is 1.33. The third-order valence-corrected chi connectivity index (χ3v) is 2.29. The lowest BCUT2D eigenvalue weighted by atomic mass is 10.3. The van der Waals surface area contributed by atoms with Crippen LogP contribution in [0.3, 0.4) is 0 Å². The zero-order chi connectivity index (χ0) is 12.9. The topological polar surface area (TPSA) is 28.2 Å². The number of nitrogens with one attached hydrogen (secondary N) is 1. The highest BCUT2D eigenvalue weighted by Gasteiger charge is 2.32. The van der Waals surface area contributed by atoms with Gasteiger partial charge in [0.1, 0.15) is 11.5 Å². The molecule has 6 heteroatoms. The maximum Gasteiger partial charge on any atom is 0.433 e. The first-order valence-electron chi connectivity index (χ1n) is 5.41. The van der Waals surface area contributed by atoms with Gasteiger partial charge in [-0.3, -0.25) is 0 Å². The van der Waals surface area contributed by atoms with Crippen LogP contribution in [-0.4, -0.2) is 31.7 Å². The third kappa shape index (κ3) is 4.22. The van der Waals surface area contributed by atoms with Gasteiger partial charge in [-0.1, -0.05) is 13.0 Å². The van der Waals surface area contributed by atoms with Crippen molar-refractivity contribution in [1.29, 1.82) is 0 Å². The number of hydrogen-bond donors (Lipinski definition) is 1. The Kier molecular flexibility index (Phi) is 4.74. The summed E-state index contributed by atoms with van der Waals surface area (Å²) in [5, 5.41) is 3.10. The van der Waals surface area contributed by atoms with E-state index in [0.29, 0.717) is 18.9 Å². The minimum absolute atomic E-state index is 0.331. The van der Waals surface area contributed by atoms with Crippen LogP contribution in [0.4, 0.5) is 19.0 Å². The maximum absolute atomic E-state index is 12.4. The molecular weight excluding hydrogens is 231 g/mol. The van der Waals surface area contributed by atoms with Gasteiger partial charge in [0.25, 0.3) is 0 Å². The molecule has 0 saturated heterocycles. The lowest BCUT2D eigenvalue weighted by Gasteiger charge is -2.19. The van der Waals surface area contributed by atoms with Crippen LogP contribution in [0.15, 0.2) is 18.2 Å². The van der Waals surface area contributed by atoms with Crippen molar-refractivity contribution in [3.63, 3.8) is 0 Å². The number of pyridine rings is 1. The van der Waals surface area contributed by atoms with Gasteiger partial charge in [-0.25, -0.2) is 4.98 Å². The molecule has 0 fully saturated rings. The first-order valence-corrected chi connectivity index (χ1v) is 5.41. The summed E-state index contributed by atoms with van der Waals surface area (Å²) in [6.45, 7) is 4.14. The van der Waals surface area contributed by atoms with Crippen molar-refractivity contribution in [1.82, 2.24) is 10.3 Å². The molecule has 0 unspecified atom stereocenters. The van der Waals surface area contributed by atoms with Gasteiger partial charge in [0.2, 0.25) is 0 Å². The molecule has 1 aromatic heterocycles. The van der Waals surface area contributed by atoms with Crippen LogP contribution in [0.5, 0.6) is 0 Å². The molecule has 0 aliphatic rings. The summed E-state index contributed by atoms with van der Waals surface area (Å²) >= 11 is 0. The Hall–Kier alpha value is -1.30. The average Bonchev–Trinajstić information content (AvgIpc) is 2.28. The SMILES string of the molecule is CCNCCN(C)c1cccc(C(F)(F)F)n1. The number of hydrogen-bond acceptors (Lipinski definition) is 3. The van der Waals surface area contributed by atoms with Crippen LogP contribution in [0.1, 0.15) is 12.6 Å². The van der Waals surface area contributed by atoms with Gasteiger partial charge in [-0.05, 0) is 18.7 Å². The normalized spacial score (nSPS) is 11.6. The zero-order valence-corrected chi connectivity index (χ0v) is 9.88. The molecule has 1 heterocycles. The molecule has 1 aromatic rings. The smallest absolute Gasteiger partial charge is 0.358 e. The first-order chi connectivity index (χ1) is 7.95. The Labute approximate surface area is 98.6 Å². The molecule has 1 rings (SSSR count). The van der Waals surface area contributed by atoms with E-state index < -0.39 is 11.9 Å². The molecule has 0 atom stereocenters. The highest BCUT2D eigenvalue weighted by molar-refractivity contribution is 5.38. The summed E-state index contributed by atoms with van der Waals surface area (Å²) in [5.41, 5.74) is -0.856. The molecule has 0 bridgehead atoms. The lowest BCUT2D eigenvalue weighted by molar-refractivity contribution is -0.141. The van der Waals surface area contributed by atoms with E-state index in [0.717, 1.165) is 12.6 Å². The van der Waals surface area contributed by atoms with Crippen LogP contribution in [0.2, 0.25) is 0 Å². The number of alkyl halides is 3. The van der Waals surface area contributed by atoms with Crippen molar-refractivity contribution in [2.75, 3.05) is 31.6 Å². The van der Waals surface area contributed by atoms with Crippen LogP contribution < -0.4 is 10.2 Å². The Morgan fingerprint density at radius 1 is 1.35 bits per heavy atom. The van der Waals surface area contributed by atoms with Gasteiger partial charge in [0, 0.05) is 20.1 Å². The Bertz CT molecular complexity index is 352. The van der Waals surface area contributed by atoms with Gasteiger partial charge >= 0.3 is 6.18 Å². The summed E-state index contributed by atoms with van der Waals surface area (Å²) in [5.74, 6) is 0.331. The van der Waals surface area contributed by atoms with Gasteiger partial charge in [0.15, 0.2) is 0 Å². The monoisotopic (exact) mass is 247 g/mol. The van der Waals surface area contributed by atoms with E-state index in [2.05, 4.69) is 10.3 Å². The van der Waals surface area contributed by atoms with E-state index in [1.165, 1.54) is 6.07 Å². The number of halogens is 3. The van der Waals surface area contributed by atoms with Crippen molar-refractivity contribution in [3.8, 4) is 0 Å². The fourth-order valence-electron chi connectivity index (χ4n) is 1.33. The lowest BCUT2D eigenvalue weighted by Crippen LogP contribution is -2.29. The number of nitrogens with zero attached hydrogens (tertiary/aromatic N) is 2. The highest BCUT2D eigenvalue weighted by Crippen LogP contribution is 2.28. The highest BCUT2D eigenvalue weighted by atomic mass is 19.4. The quantitative estimate of drug-likeness (QED) is 0.808. The predicted molar refractivity (Wildman–Crippen MR) is 61.1 cm³/mol. The van der Waals surface area contributed by atoms with Gasteiger partial charge in [-0.2, -0.15) is 13.2 Å². The zero-order valence-electron chi connectivity index (χ0n) is 9.88.